The molecule has 1 aliphatic carbocycles. The van der Waals surface area contributed by atoms with E-state index in [4.69, 9.17) is 4.74 Å². The summed E-state index contributed by atoms with van der Waals surface area (Å²) in [6.45, 7) is 3.50. The van der Waals surface area contributed by atoms with Crippen LogP contribution < -0.4 is 5.32 Å². The van der Waals surface area contributed by atoms with Gasteiger partial charge in [-0.15, -0.1) is 0 Å². The highest BCUT2D eigenvalue weighted by Crippen LogP contribution is 2.37. The highest BCUT2D eigenvalue weighted by Gasteiger charge is 2.55. The molecule has 2 atom stereocenters. The fourth-order valence-electron chi connectivity index (χ4n) is 5.49. The smallest absolute Gasteiger partial charge is 0.325 e. The van der Waals surface area contributed by atoms with Gasteiger partial charge in [-0.1, -0.05) is 24.3 Å². The minimum Gasteiger partial charge on any atom is -0.383 e. The molecular weight excluding hydrogens is 409 g/mol. The monoisotopic (exact) mass is 443 g/mol. The van der Waals surface area contributed by atoms with Crippen LogP contribution in [0.3, 0.4) is 0 Å². The van der Waals surface area contributed by atoms with Gasteiger partial charge < -0.3 is 15.0 Å². The van der Waals surface area contributed by atoms with Crippen molar-refractivity contribution >= 4 is 11.9 Å². The minimum absolute atomic E-state index is 0.0408. The fraction of sp³-hybridized carbons (Fsp3) is 0.600. The third kappa shape index (κ3) is 4.89. The van der Waals surface area contributed by atoms with Crippen LogP contribution in [0.4, 0.5) is 9.18 Å². The van der Waals surface area contributed by atoms with Crippen LogP contribution in [0.2, 0.25) is 0 Å². The Morgan fingerprint density at radius 1 is 1.12 bits per heavy atom. The van der Waals surface area contributed by atoms with Crippen molar-refractivity contribution < 1.29 is 18.7 Å². The molecule has 0 spiro atoms. The number of benzene rings is 1. The number of urea groups is 1. The highest BCUT2D eigenvalue weighted by molar-refractivity contribution is 6.07. The van der Waals surface area contributed by atoms with Gasteiger partial charge in [-0.3, -0.25) is 9.69 Å². The molecule has 32 heavy (non-hydrogen) atoms. The predicted molar refractivity (Wildman–Crippen MR) is 121 cm³/mol. The molecule has 0 saturated carbocycles. The van der Waals surface area contributed by atoms with E-state index in [0.717, 1.165) is 44.5 Å². The van der Waals surface area contributed by atoms with Crippen LogP contribution in [-0.2, 0) is 16.0 Å². The van der Waals surface area contributed by atoms with Gasteiger partial charge in [0.1, 0.15) is 11.4 Å². The third-order valence-electron chi connectivity index (χ3n) is 7.30. The second kappa shape index (κ2) is 10.1. The number of imide groups is 1. The molecule has 3 aliphatic rings. The summed E-state index contributed by atoms with van der Waals surface area (Å²) in [5.74, 6) is 0.262. The quantitative estimate of drug-likeness (QED) is 0.494. The summed E-state index contributed by atoms with van der Waals surface area (Å²) in [4.78, 5) is 30.2. The number of nitrogens with one attached hydrogen (secondary N) is 1. The van der Waals surface area contributed by atoms with Crippen LogP contribution in [0.25, 0.3) is 0 Å². The van der Waals surface area contributed by atoms with Gasteiger partial charge in [-0.05, 0) is 74.7 Å². The molecule has 2 fully saturated rings. The zero-order valence-corrected chi connectivity index (χ0v) is 18.9. The molecular formula is C25H34FN3O3. The van der Waals surface area contributed by atoms with Crippen molar-refractivity contribution in [3.05, 3.63) is 47.8 Å². The molecule has 6 nitrogen and oxygen atoms in total. The number of amides is 3. The number of carbonyl (C=O) groups excluding carboxylic acids is 2. The van der Waals surface area contributed by atoms with Crippen LogP contribution in [0.15, 0.2) is 36.4 Å². The number of rotatable bonds is 8. The van der Waals surface area contributed by atoms with E-state index in [1.807, 2.05) is 0 Å². The van der Waals surface area contributed by atoms with Crippen molar-refractivity contribution in [2.24, 2.45) is 11.8 Å². The van der Waals surface area contributed by atoms with E-state index in [-0.39, 0.29) is 30.2 Å². The van der Waals surface area contributed by atoms with Crippen molar-refractivity contribution in [2.75, 3.05) is 39.9 Å². The molecule has 0 radical (unpaired) electrons. The van der Waals surface area contributed by atoms with Gasteiger partial charge in [-0.25, -0.2) is 9.18 Å². The standard InChI is InChI=1S/C25H34FN3O3/c1-32-16-15-29-23(30)25(27-24(29)31,17-19-7-9-22(26)10-8-19)21-11-13-28(14-12-21)18-20-5-3-2-4-6-20/h2-3,7-10,20-21H,4-6,11-18H2,1H3,(H,27,31)/t20-,25-/m0/s1. The average molecular weight is 444 g/mol. The van der Waals surface area contributed by atoms with Crippen molar-refractivity contribution in [3.63, 3.8) is 0 Å². The molecule has 0 aromatic heterocycles. The number of ether oxygens (including phenoxy) is 1. The van der Waals surface area contributed by atoms with Gasteiger partial charge in [0.15, 0.2) is 0 Å². The van der Waals surface area contributed by atoms with Gasteiger partial charge in [0.2, 0.25) is 0 Å². The van der Waals surface area contributed by atoms with Crippen LogP contribution in [-0.4, -0.2) is 67.2 Å². The van der Waals surface area contributed by atoms with E-state index >= 15 is 0 Å². The van der Waals surface area contributed by atoms with E-state index in [1.54, 1.807) is 19.2 Å². The summed E-state index contributed by atoms with van der Waals surface area (Å²) in [5.41, 5.74) is -0.132. The Bertz CT molecular complexity index is 835. The van der Waals surface area contributed by atoms with Crippen LogP contribution in [0.1, 0.15) is 37.7 Å². The largest absolute Gasteiger partial charge is 0.383 e. The molecule has 7 heteroatoms. The first-order chi connectivity index (χ1) is 15.5. The lowest BCUT2D eigenvalue weighted by atomic mass is 9.73. The maximum atomic E-state index is 13.6. The van der Waals surface area contributed by atoms with E-state index in [9.17, 15) is 14.0 Å². The molecule has 3 amide bonds. The van der Waals surface area contributed by atoms with E-state index in [0.29, 0.717) is 18.9 Å². The number of likely N-dealkylation sites (tertiary alicyclic amines) is 1. The molecule has 2 saturated heterocycles. The summed E-state index contributed by atoms with van der Waals surface area (Å²) in [6, 6.07) is 5.88. The van der Waals surface area contributed by atoms with E-state index in [2.05, 4.69) is 22.4 Å². The number of allylic oxidation sites excluding steroid dienone is 2. The molecule has 0 bridgehead atoms. The molecule has 4 rings (SSSR count). The Hall–Kier alpha value is -2.25. The molecule has 174 valence electrons. The number of nitrogens with zero attached hydrogens (tertiary/aromatic N) is 2. The minimum atomic E-state index is -0.984. The zero-order valence-electron chi connectivity index (χ0n) is 18.9. The van der Waals surface area contributed by atoms with Crippen molar-refractivity contribution in [2.45, 2.75) is 44.1 Å². The summed E-state index contributed by atoms with van der Waals surface area (Å²) in [7, 11) is 1.56. The second-order valence-electron chi connectivity index (χ2n) is 9.38. The van der Waals surface area contributed by atoms with Crippen molar-refractivity contribution in [1.29, 1.82) is 0 Å². The van der Waals surface area contributed by atoms with Gasteiger partial charge >= 0.3 is 6.03 Å². The number of halogens is 1. The predicted octanol–water partition coefficient (Wildman–Crippen LogP) is 3.37. The maximum absolute atomic E-state index is 13.6. The lowest BCUT2D eigenvalue weighted by Gasteiger charge is -2.42. The van der Waals surface area contributed by atoms with E-state index < -0.39 is 5.54 Å². The maximum Gasteiger partial charge on any atom is 0.325 e. The Balaban J connectivity index is 1.49. The first-order valence-electron chi connectivity index (χ1n) is 11.8. The SMILES string of the molecule is COCCN1C(=O)N[C@@](Cc2ccc(F)cc2)(C2CCN(C[C@H]3CC=CCC3)CC2)C1=O. The van der Waals surface area contributed by atoms with Crippen molar-refractivity contribution in [1.82, 2.24) is 15.1 Å². The van der Waals surface area contributed by atoms with Gasteiger partial charge in [-0.2, -0.15) is 0 Å². The number of methoxy groups -OCH3 is 1. The van der Waals surface area contributed by atoms with Crippen LogP contribution >= 0.6 is 0 Å². The lowest BCUT2D eigenvalue weighted by molar-refractivity contribution is -0.134. The molecule has 1 N–H and O–H groups in total. The van der Waals surface area contributed by atoms with Gasteiger partial charge in [0.05, 0.1) is 13.2 Å². The molecule has 1 aromatic rings. The number of hydrogen-bond donors (Lipinski definition) is 1. The average Bonchev–Trinajstić information content (AvgIpc) is 3.05. The molecule has 1 aromatic carbocycles. The van der Waals surface area contributed by atoms with Crippen LogP contribution in [0, 0.1) is 17.7 Å². The number of piperidine rings is 1. The summed E-state index contributed by atoms with van der Waals surface area (Å²) in [5, 5.41) is 3.07. The first-order valence-corrected chi connectivity index (χ1v) is 11.8. The topological polar surface area (TPSA) is 61.9 Å². The zero-order chi connectivity index (χ0) is 22.6. The summed E-state index contributed by atoms with van der Waals surface area (Å²) >= 11 is 0. The molecule has 2 aliphatic heterocycles. The Labute approximate surface area is 189 Å². The summed E-state index contributed by atoms with van der Waals surface area (Å²) in [6.07, 6.45) is 10.2. The number of hydrogen-bond acceptors (Lipinski definition) is 4. The van der Waals surface area contributed by atoms with Gasteiger partial charge in [0, 0.05) is 20.1 Å². The highest BCUT2D eigenvalue weighted by atomic mass is 19.1. The van der Waals surface area contributed by atoms with E-state index in [1.165, 1.54) is 29.9 Å². The Morgan fingerprint density at radius 2 is 1.88 bits per heavy atom. The first kappa shape index (κ1) is 22.9. The fourth-order valence-corrected chi connectivity index (χ4v) is 5.49. The van der Waals surface area contributed by atoms with Crippen LogP contribution in [0.5, 0.6) is 0 Å². The normalized spacial score (nSPS) is 27.2. The third-order valence-corrected chi connectivity index (χ3v) is 7.30. The summed E-state index contributed by atoms with van der Waals surface area (Å²) < 4.78 is 18.6. The lowest BCUT2D eigenvalue weighted by Crippen LogP contribution is -2.58. The molecule has 2 heterocycles. The Morgan fingerprint density at radius 3 is 2.53 bits per heavy atom. The van der Waals surface area contributed by atoms with Crippen molar-refractivity contribution in [3.8, 4) is 0 Å². The second-order valence-corrected chi connectivity index (χ2v) is 9.38. The number of carbonyl (C=O) groups is 2. The molecule has 0 unspecified atom stereocenters. The Kier molecular flexibility index (Phi) is 7.26. The van der Waals surface area contributed by atoms with Gasteiger partial charge in [0.25, 0.3) is 5.91 Å².